The summed E-state index contributed by atoms with van der Waals surface area (Å²) < 4.78 is 7.08. The number of non-ortho nitro benzene ring substituents is 1. The van der Waals surface area contributed by atoms with Gasteiger partial charge in [0.25, 0.3) is 11.6 Å². The molecule has 3 rings (SSSR count). The molecule has 26 heavy (non-hydrogen) atoms. The molecule has 0 aliphatic carbocycles. The van der Waals surface area contributed by atoms with E-state index in [-0.39, 0.29) is 5.69 Å². The Morgan fingerprint density at radius 2 is 2.04 bits per heavy atom. The zero-order chi connectivity index (χ0) is 18.5. The van der Waals surface area contributed by atoms with Gasteiger partial charge >= 0.3 is 0 Å². The number of aromatic nitrogens is 4. The average Bonchev–Trinajstić information content (AvgIpc) is 3.17. The Morgan fingerprint density at radius 1 is 1.27 bits per heavy atom. The molecular weight excluding hydrogens is 340 g/mol. The highest BCUT2D eigenvalue weighted by molar-refractivity contribution is 5.94. The molecule has 0 saturated heterocycles. The number of benzene rings is 2. The van der Waals surface area contributed by atoms with E-state index in [0.717, 1.165) is 5.69 Å². The zero-order valence-electron chi connectivity index (χ0n) is 13.6. The van der Waals surface area contributed by atoms with Crippen molar-refractivity contribution in [3.8, 4) is 11.4 Å². The van der Waals surface area contributed by atoms with Crippen LogP contribution < -0.4 is 10.1 Å². The molecule has 0 aliphatic heterocycles. The first-order chi connectivity index (χ1) is 12.5. The van der Waals surface area contributed by atoms with E-state index in [2.05, 4.69) is 20.8 Å². The summed E-state index contributed by atoms with van der Waals surface area (Å²) in [5.41, 5.74) is 0.972. The van der Waals surface area contributed by atoms with Gasteiger partial charge in [-0.15, -0.1) is 5.10 Å². The number of nitro benzene ring substituents is 1. The van der Waals surface area contributed by atoms with E-state index in [9.17, 15) is 14.9 Å². The van der Waals surface area contributed by atoms with Crippen LogP contribution in [-0.4, -0.2) is 37.1 Å². The number of nitrogens with one attached hydrogen (secondary N) is 1. The van der Waals surface area contributed by atoms with Crippen molar-refractivity contribution < 1.29 is 14.5 Å². The highest BCUT2D eigenvalue weighted by Gasteiger charge is 2.16. The van der Waals surface area contributed by atoms with Crippen molar-refractivity contribution >= 4 is 17.3 Å². The molecule has 1 atom stereocenters. The average molecular weight is 354 g/mol. The summed E-state index contributed by atoms with van der Waals surface area (Å²) in [6.07, 6.45) is 0.665. The van der Waals surface area contributed by atoms with Crippen LogP contribution in [0, 0.1) is 10.1 Å². The van der Waals surface area contributed by atoms with Crippen molar-refractivity contribution in [1.29, 1.82) is 0 Å². The van der Waals surface area contributed by atoms with Gasteiger partial charge in [-0.25, -0.2) is 4.68 Å². The molecule has 10 heteroatoms. The number of rotatable bonds is 6. The minimum Gasteiger partial charge on any atom is -0.481 e. The Hall–Kier alpha value is -3.82. The molecule has 0 spiro atoms. The molecule has 1 heterocycles. The van der Waals surface area contributed by atoms with Crippen molar-refractivity contribution in [3.63, 3.8) is 0 Å². The summed E-state index contributed by atoms with van der Waals surface area (Å²) in [4.78, 5) is 22.5. The minimum atomic E-state index is -0.798. The SMILES string of the molecule is CC(Oc1ccc(-n2cnnn2)cc1)C(=O)Nc1cccc([N+](=O)[O-])c1. The molecule has 1 amide bonds. The Bertz CT molecular complexity index is 911. The summed E-state index contributed by atoms with van der Waals surface area (Å²) in [7, 11) is 0. The Balaban J connectivity index is 1.62. The molecule has 0 bridgehead atoms. The lowest BCUT2D eigenvalue weighted by Gasteiger charge is -2.15. The quantitative estimate of drug-likeness (QED) is 0.530. The number of carbonyl (C=O) groups is 1. The number of hydrogen-bond acceptors (Lipinski definition) is 7. The van der Waals surface area contributed by atoms with Crippen LogP contribution in [0.3, 0.4) is 0 Å². The van der Waals surface area contributed by atoms with Gasteiger partial charge in [0.05, 0.1) is 10.6 Å². The topological polar surface area (TPSA) is 125 Å². The molecule has 1 unspecified atom stereocenters. The number of anilines is 1. The lowest BCUT2D eigenvalue weighted by Crippen LogP contribution is -2.30. The van der Waals surface area contributed by atoms with Gasteiger partial charge in [0.1, 0.15) is 12.1 Å². The van der Waals surface area contributed by atoms with Crippen LogP contribution in [0.4, 0.5) is 11.4 Å². The van der Waals surface area contributed by atoms with Crippen molar-refractivity contribution in [2.75, 3.05) is 5.32 Å². The predicted molar refractivity (Wildman–Crippen MR) is 91.0 cm³/mol. The Morgan fingerprint density at radius 3 is 2.69 bits per heavy atom. The van der Waals surface area contributed by atoms with Crippen LogP contribution in [0.25, 0.3) is 5.69 Å². The summed E-state index contributed by atoms with van der Waals surface area (Å²) in [6.45, 7) is 1.59. The van der Waals surface area contributed by atoms with Gasteiger partial charge in [0.2, 0.25) is 0 Å². The van der Waals surface area contributed by atoms with Crippen molar-refractivity contribution in [3.05, 3.63) is 65.0 Å². The van der Waals surface area contributed by atoms with Crippen LogP contribution in [0.15, 0.2) is 54.9 Å². The highest BCUT2D eigenvalue weighted by atomic mass is 16.6. The number of amides is 1. The van der Waals surface area contributed by atoms with Gasteiger partial charge in [-0.05, 0) is 47.7 Å². The van der Waals surface area contributed by atoms with Crippen molar-refractivity contribution in [1.82, 2.24) is 20.2 Å². The largest absolute Gasteiger partial charge is 0.481 e. The number of hydrogen-bond donors (Lipinski definition) is 1. The molecule has 0 radical (unpaired) electrons. The minimum absolute atomic E-state index is 0.102. The Kier molecular flexibility index (Phi) is 4.83. The number of nitrogens with zero attached hydrogens (tertiary/aromatic N) is 5. The maximum absolute atomic E-state index is 12.2. The summed E-state index contributed by atoms with van der Waals surface area (Å²) in [5, 5.41) is 24.3. The van der Waals surface area contributed by atoms with Crippen molar-refractivity contribution in [2.45, 2.75) is 13.0 Å². The second-order valence-electron chi connectivity index (χ2n) is 5.31. The fourth-order valence-electron chi connectivity index (χ4n) is 2.16. The third kappa shape index (κ3) is 3.98. The summed E-state index contributed by atoms with van der Waals surface area (Å²) in [5.74, 6) is 0.0681. The number of nitro groups is 1. The maximum Gasteiger partial charge on any atom is 0.271 e. The van der Waals surface area contributed by atoms with E-state index in [0.29, 0.717) is 11.4 Å². The van der Waals surface area contributed by atoms with Crippen molar-refractivity contribution in [2.24, 2.45) is 0 Å². The van der Waals surface area contributed by atoms with Gasteiger partial charge in [-0.2, -0.15) is 0 Å². The van der Waals surface area contributed by atoms with E-state index < -0.39 is 16.9 Å². The smallest absolute Gasteiger partial charge is 0.271 e. The lowest BCUT2D eigenvalue weighted by atomic mass is 10.2. The molecule has 132 valence electrons. The van der Waals surface area contributed by atoms with Crippen LogP contribution in [0.2, 0.25) is 0 Å². The Labute approximate surface area is 147 Å². The van der Waals surface area contributed by atoms with E-state index >= 15 is 0 Å². The molecule has 3 aromatic rings. The van der Waals surface area contributed by atoms with Gasteiger partial charge < -0.3 is 10.1 Å². The van der Waals surface area contributed by atoms with Gasteiger partial charge in [-0.3, -0.25) is 14.9 Å². The second-order valence-corrected chi connectivity index (χ2v) is 5.31. The summed E-state index contributed by atoms with van der Waals surface area (Å²) >= 11 is 0. The fourth-order valence-corrected chi connectivity index (χ4v) is 2.16. The monoisotopic (exact) mass is 354 g/mol. The first-order valence-electron chi connectivity index (χ1n) is 7.58. The van der Waals surface area contributed by atoms with E-state index in [1.807, 2.05) is 0 Å². The van der Waals surface area contributed by atoms with Crippen LogP contribution in [0.5, 0.6) is 5.75 Å². The fraction of sp³-hybridized carbons (Fsp3) is 0.125. The first-order valence-corrected chi connectivity index (χ1v) is 7.58. The molecular formula is C16H14N6O4. The highest BCUT2D eigenvalue weighted by Crippen LogP contribution is 2.19. The third-order valence-electron chi connectivity index (χ3n) is 3.46. The molecule has 0 fully saturated rings. The molecule has 1 N–H and O–H groups in total. The number of tetrazole rings is 1. The molecule has 1 aromatic heterocycles. The molecule has 2 aromatic carbocycles. The van der Waals surface area contributed by atoms with E-state index in [1.165, 1.54) is 29.2 Å². The van der Waals surface area contributed by atoms with Crippen LogP contribution in [0.1, 0.15) is 6.92 Å². The number of ether oxygens (including phenoxy) is 1. The standard InChI is InChI=1S/C16H14N6O4/c1-11(16(23)18-12-3-2-4-14(9-12)22(24)25)26-15-7-5-13(6-8-15)21-10-17-19-20-21/h2-11H,1H3,(H,18,23). The zero-order valence-corrected chi connectivity index (χ0v) is 13.6. The summed E-state index contributed by atoms with van der Waals surface area (Å²) in [6, 6.07) is 12.6. The molecule has 0 aliphatic rings. The lowest BCUT2D eigenvalue weighted by molar-refractivity contribution is -0.384. The van der Waals surface area contributed by atoms with E-state index in [1.54, 1.807) is 37.3 Å². The molecule has 10 nitrogen and oxygen atoms in total. The van der Waals surface area contributed by atoms with Gasteiger partial charge in [0, 0.05) is 17.8 Å². The normalized spacial score (nSPS) is 11.6. The maximum atomic E-state index is 12.2. The number of carbonyl (C=O) groups excluding carboxylic acids is 1. The first kappa shape index (κ1) is 17.0. The third-order valence-corrected chi connectivity index (χ3v) is 3.46. The second kappa shape index (κ2) is 7.38. The predicted octanol–water partition coefficient (Wildman–Crippen LogP) is 1.98. The van der Waals surface area contributed by atoms with Crippen LogP contribution >= 0.6 is 0 Å². The van der Waals surface area contributed by atoms with Gasteiger partial charge in [-0.1, -0.05) is 6.07 Å². The van der Waals surface area contributed by atoms with Gasteiger partial charge in [0.15, 0.2) is 6.10 Å². The van der Waals surface area contributed by atoms with E-state index in [4.69, 9.17) is 4.74 Å². The molecule has 0 saturated carbocycles. The van der Waals surface area contributed by atoms with Crippen LogP contribution in [-0.2, 0) is 4.79 Å².